The Balaban J connectivity index is 0.000000132. The van der Waals surface area contributed by atoms with Gasteiger partial charge in [0.1, 0.15) is 0 Å². The minimum atomic E-state index is -1.84. The Labute approximate surface area is 231 Å². The molecule has 0 spiro atoms. The number of hydrogen-bond acceptors (Lipinski definition) is 0. The summed E-state index contributed by atoms with van der Waals surface area (Å²) in [4.78, 5) is 0. The Bertz CT molecular complexity index is 1500. The van der Waals surface area contributed by atoms with Crippen molar-refractivity contribution in [2.24, 2.45) is 0 Å². The van der Waals surface area contributed by atoms with E-state index >= 15 is 0 Å². The van der Waals surface area contributed by atoms with Gasteiger partial charge in [0.25, 0.3) is 0 Å². The summed E-state index contributed by atoms with van der Waals surface area (Å²) in [7, 11) is 11.1. The number of benzene rings is 4. The number of hydrogen-bond donors (Lipinski definition) is 0. The van der Waals surface area contributed by atoms with Crippen LogP contribution in [0.2, 0.25) is 0 Å². The van der Waals surface area contributed by atoms with Crippen molar-refractivity contribution in [1.82, 2.24) is 0 Å². The first-order valence-electron chi connectivity index (χ1n) is 10.8. The molecule has 0 fully saturated rings. The molecular weight excluding hydrogens is 670 g/mol. The first kappa shape index (κ1) is 26.0. The van der Waals surface area contributed by atoms with Crippen LogP contribution in [0.25, 0.3) is 43.1 Å². The fourth-order valence-corrected chi connectivity index (χ4v) is 4.63. The summed E-state index contributed by atoms with van der Waals surface area (Å²) in [5.41, 5.74) is 0. The molecule has 0 aliphatic rings. The summed E-state index contributed by atoms with van der Waals surface area (Å²) >= 11 is 5.14. The zero-order chi connectivity index (χ0) is 24.2. The van der Waals surface area contributed by atoms with Gasteiger partial charge in [-0.3, -0.25) is 0 Å². The van der Waals surface area contributed by atoms with Gasteiger partial charge < -0.3 is 0 Å². The summed E-state index contributed by atoms with van der Waals surface area (Å²) in [6.45, 7) is 3.96. The standard InChI is InChI=1S/2C13H8Br.C3H6.2ClH.Zr/c2*14-11-5-6-13-10(8-11)7-9-3-1-2-4-12(9)13;1-3-2;;;/h2*1-8H;1-2H3;2*1H;/q2*-1;;;;+2/p-2. The normalized spacial score (nSPS) is 10.6. The van der Waals surface area contributed by atoms with E-state index in [2.05, 4.69) is 129 Å². The van der Waals surface area contributed by atoms with Crippen molar-refractivity contribution in [1.29, 1.82) is 0 Å². The Hall–Kier alpha value is -1.09. The summed E-state index contributed by atoms with van der Waals surface area (Å²) in [5.74, 6) is 0. The van der Waals surface area contributed by atoms with Crippen LogP contribution in [0, 0.1) is 0 Å². The van der Waals surface area contributed by atoms with E-state index in [9.17, 15) is 0 Å². The van der Waals surface area contributed by atoms with Gasteiger partial charge in [0.15, 0.2) is 0 Å². The number of rotatable bonds is 0. The molecule has 0 N–H and O–H groups in total. The predicted octanol–water partition coefficient (Wildman–Crippen LogP) is 11.1. The third-order valence-corrected chi connectivity index (χ3v) is 12.8. The summed E-state index contributed by atoms with van der Waals surface area (Å²) < 4.78 is 3.52. The Morgan fingerprint density at radius 1 is 0.588 bits per heavy atom. The fourth-order valence-electron chi connectivity index (χ4n) is 3.87. The molecule has 0 saturated carbocycles. The van der Waals surface area contributed by atoms with Crippen LogP contribution in [0.15, 0.2) is 106 Å². The first-order chi connectivity index (χ1) is 16.3. The molecule has 0 amide bonds. The molecule has 0 saturated heterocycles. The zero-order valence-electron chi connectivity index (χ0n) is 18.7. The van der Waals surface area contributed by atoms with Gasteiger partial charge >= 0.3 is 53.0 Å². The molecule has 0 aliphatic carbocycles. The molecule has 0 aromatic heterocycles. The maximum atomic E-state index is 5.54. The molecule has 0 aliphatic heterocycles. The Morgan fingerprint density at radius 3 is 1.32 bits per heavy atom. The molecule has 5 heteroatoms. The third-order valence-electron chi connectivity index (χ3n) is 5.53. The van der Waals surface area contributed by atoms with Gasteiger partial charge in [-0.05, 0) is 8.95 Å². The van der Waals surface area contributed by atoms with Crippen LogP contribution < -0.4 is 0 Å². The van der Waals surface area contributed by atoms with Crippen molar-refractivity contribution in [3.8, 4) is 0 Å². The monoisotopic (exact) mass is 688 g/mol. The third kappa shape index (κ3) is 6.18. The van der Waals surface area contributed by atoms with Crippen LogP contribution in [0.3, 0.4) is 0 Å². The molecule has 6 aromatic rings. The Morgan fingerprint density at radius 2 is 0.941 bits per heavy atom. The van der Waals surface area contributed by atoms with Gasteiger partial charge in [-0.1, -0.05) is 92.5 Å². The van der Waals surface area contributed by atoms with Crippen LogP contribution in [-0.4, -0.2) is 3.21 Å². The van der Waals surface area contributed by atoms with Gasteiger partial charge in [0.2, 0.25) is 0 Å². The number of halogens is 4. The molecule has 0 radical (unpaired) electrons. The topological polar surface area (TPSA) is 0 Å². The molecule has 34 heavy (non-hydrogen) atoms. The van der Waals surface area contributed by atoms with Gasteiger partial charge in [-0.15, -0.1) is 79.5 Å². The quantitative estimate of drug-likeness (QED) is 0.139. The molecule has 0 heterocycles. The minimum absolute atomic E-state index is 1.14. The van der Waals surface area contributed by atoms with Crippen molar-refractivity contribution < 1.29 is 18.9 Å². The van der Waals surface area contributed by atoms with E-state index in [1.807, 2.05) is 13.8 Å². The van der Waals surface area contributed by atoms with E-state index in [-0.39, 0.29) is 0 Å². The van der Waals surface area contributed by atoms with Gasteiger partial charge in [-0.25, -0.2) is 0 Å². The average Bonchev–Trinajstić information content (AvgIpc) is 3.36. The van der Waals surface area contributed by atoms with Crippen LogP contribution in [-0.2, 0) is 18.9 Å². The molecule has 172 valence electrons. The first-order valence-corrected chi connectivity index (χ1v) is 19.9. The van der Waals surface area contributed by atoms with E-state index in [4.69, 9.17) is 17.0 Å². The van der Waals surface area contributed by atoms with Crippen LogP contribution >= 0.6 is 48.9 Å². The van der Waals surface area contributed by atoms with Crippen molar-refractivity contribution in [3.63, 3.8) is 0 Å². The Kier molecular flexibility index (Phi) is 8.99. The van der Waals surface area contributed by atoms with E-state index in [0.29, 0.717) is 0 Å². The van der Waals surface area contributed by atoms with Gasteiger partial charge in [-0.2, -0.15) is 0 Å². The summed E-state index contributed by atoms with van der Waals surface area (Å²) in [6.07, 6.45) is 0. The van der Waals surface area contributed by atoms with E-state index in [1.54, 1.807) is 0 Å². The van der Waals surface area contributed by atoms with E-state index < -0.39 is 18.9 Å². The van der Waals surface area contributed by atoms with Crippen LogP contribution in [0.5, 0.6) is 0 Å². The van der Waals surface area contributed by atoms with Crippen LogP contribution in [0.4, 0.5) is 0 Å². The second-order valence-electron chi connectivity index (χ2n) is 8.19. The molecule has 0 nitrogen and oxygen atoms in total. The van der Waals surface area contributed by atoms with Crippen molar-refractivity contribution in [2.75, 3.05) is 0 Å². The number of fused-ring (bicyclic) bond motifs is 6. The van der Waals surface area contributed by atoms with E-state index in [1.165, 1.54) is 46.3 Å². The molecule has 6 aromatic carbocycles. The SMILES string of the molecule is Brc1ccc2c(c1)[cH-]c1ccccc12.Brc1ccc2c(c1)[cH-]c1ccccc12.C[C](C)=[Zr]([Cl])[Cl]. The molecular formula is C29H22Br2Cl2Zr-2. The molecule has 6 rings (SSSR count). The molecule has 0 bridgehead atoms. The van der Waals surface area contributed by atoms with Crippen molar-refractivity contribution in [2.45, 2.75) is 13.8 Å². The fraction of sp³-hybridized carbons (Fsp3) is 0.0690. The summed E-state index contributed by atoms with van der Waals surface area (Å²) in [5, 5.41) is 10.6. The second-order valence-corrected chi connectivity index (χ2v) is 19.4. The summed E-state index contributed by atoms with van der Waals surface area (Å²) in [6, 6.07) is 34.3. The second kappa shape index (κ2) is 11.8. The predicted molar refractivity (Wildman–Crippen MR) is 158 cm³/mol. The molecule has 0 atom stereocenters. The average molecular weight is 692 g/mol. The van der Waals surface area contributed by atoms with Crippen molar-refractivity contribution in [3.05, 3.63) is 106 Å². The van der Waals surface area contributed by atoms with Gasteiger partial charge in [0, 0.05) is 0 Å². The van der Waals surface area contributed by atoms with Gasteiger partial charge in [0.05, 0.1) is 0 Å². The van der Waals surface area contributed by atoms with Crippen molar-refractivity contribution >= 4 is 95.2 Å². The maximum absolute atomic E-state index is 5.54. The van der Waals surface area contributed by atoms with E-state index in [0.717, 1.165) is 8.95 Å². The van der Waals surface area contributed by atoms with Crippen LogP contribution in [0.1, 0.15) is 13.8 Å². The zero-order valence-corrected chi connectivity index (χ0v) is 25.9. The molecule has 0 unspecified atom stereocenters.